The van der Waals surface area contributed by atoms with E-state index < -0.39 is 10.4 Å². The Morgan fingerprint density at radius 2 is 1.00 bits per heavy atom. The SMILES string of the molecule is CCCCCCCCCCCCO.N.O=S(=O)(O)O. The van der Waals surface area contributed by atoms with E-state index in [1.807, 2.05) is 0 Å². The van der Waals surface area contributed by atoms with E-state index in [1.54, 1.807) is 0 Å². The summed E-state index contributed by atoms with van der Waals surface area (Å²) in [7, 11) is -4.67. The van der Waals surface area contributed by atoms with Crippen molar-refractivity contribution in [3.8, 4) is 0 Å². The maximum atomic E-state index is 8.74. The van der Waals surface area contributed by atoms with Gasteiger partial charge < -0.3 is 11.3 Å². The third-order valence-electron chi connectivity index (χ3n) is 2.51. The highest BCUT2D eigenvalue weighted by Crippen LogP contribution is 2.09. The van der Waals surface area contributed by atoms with Crippen LogP contribution in [-0.4, -0.2) is 29.2 Å². The van der Waals surface area contributed by atoms with Crippen molar-refractivity contribution in [3.63, 3.8) is 0 Å². The zero-order valence-electron chi connectivity index (χ0n) is 12.1. The predicted molar refractivity (Wildman–Crippen MR) is 78.1 cm³/mol. The number of hydrogen-bond acceptors (Lipinski definition) is 4. The van der Waals surface area contributed by atoms with E-state index in [9.17, 15) is 0 Å². The Balaban J connectivity index is -0.000000366. The molecule has 0 amide bonds. The lowest BCUT2D eigenvalue weighted by Gasteiger charge is -2.00. The summed E-state index contributed by atoms with van der Waals surface area (Å²) in [5, 5.41) is 8.57. The number of unbranched alkanes of at least 4 members (excludes halogenated alkanes) is 9. The Labute approximate surface area is 117 Å². The van der Waals surface area contributed by atoms with E-state index in [4.69, 9.17) is 22.6 Å². The van der Waals surface area contributed by atoms with Crippen LogP contribution in [0.15, 0.2) is 0 Å². The molecule has 0 saturated carbocycles. The molecule has 0 unspecified atom stereocenters. The van der Waals surface area contributed by atoms with Crippen molar-refractivity contribution in [2.45, 2.75) is 71.1 Å². The van der Waals surface area contributed by atoms with Gasteiger partial charge in [0.05, 0.1) is 0 Å². The molecule has 0 aliphatic heterocycles. The maximum absolute atomic E-state index is 8.74. The zero-order valence-corrected chi connectivity index (χ0v) is 12.9. The van der Waals surface area contributed by atoms with Gasteiger partial charge in [0.15, 0.2) is 0 Å². The molecule has 0 aliphatic carbocycles. The van der Waals surface area contributed by atoms with Crippen LogP contribution in [0.4, 0.5) is 0 Å². The van der Waals surface area contributed by atoms with E-state index in [-0.39, 0.29) is 6.15 Å². The molecular weight excluding hydrogens is 270 g/mol. The first-order valence-corrected chi connectivity index (χ1v) is 8.12. The molecule has 0 aromatic carbocycles. The molecule has 0 aromatic heterocycles. The van der Waals surface area contributed by atoms with Crippen molar-refractivity contribution in [3.05, 3.63) is 0 Å². The second-order valence-corrected chi connectivity index (χ2v) is 5.25. The van der Waals surface area contributed by atoms with Gasteiger partial charge in [-0.3, -0.25) is 9.11 Å². The first-order valence-electron chi connectivity index (χ1n) is 6.72. The third kappa shape index (κ3) is 46.3. The Hall–Kier alpha value is -0.210. The lowest BCUT2D eigenvalue weighted by molar-refractivity contribution is 0.282. The fraction of sp³-hybridized carbons (Fsp3) is 1.00. The van der Waals surface area contributed by atoms with Gasteiger partial charge in [0, 0.05) is 6.61 Å². The smallest absolute Gasteiger partial charge is 0.394 e. The van der Waals surface area contributed by atoms with Gasteiger partial charge in [0.1, 0.15) is 0 Å². The Morgan fingerprint density at radius 1 is 0.737 bits per heavy atom. The number of rotatable bonds is 10. The Morgan fingerprint density at radius 3 is 1.26 bits per heavy atom. The minimum atomic E-state index is -4.67. The van der Waals surface area contributed by atoms with Gasteiger partial charge in [-0.25, -0.2) is 0 Å². The molecule has 120 valence electrons. The number of aliphatic hydroxyl groups is 1. The number of hydrogen-bond donors (Lipinski definition) is 4. The molecular formula is C12H31NO5S. The summed E-state index contributed by atoms with van der Waals surface area (Å²) in [6, 6.07) is 0. The molecule has 0 heterocycles. The lowest BCUT2D eigenvalue weighted by atomic mass is 10.1. The van der Waals surface area contributed by atoms with Gasteiger partial charge in [0.2, 0.25) is 0 Å². The normalized spacial score (nSPS) is 10.3. The van der Waals surface area contributed by atoms with E-state index in [1.165, 1.54) is 57.8 Å². The van der Waals surface area contributed by atoms with Gasteiger partial charge in [-0.05, 0) is 6.42 Å². The molecule has 0 atom stereocenters. The first kappa shape index (κ1) is 23.9. The minimum absolute atomic E-state index is 0. The predicted octanol–water partition coefficient (Wildman–Crippen LogP) is 3.41. The van der Waals surface area contributed by atoms with Gasteiger partial charge in [-0.15, -0.1) is 0 Å². The molecule has 0 aromatic rings. The van der Waals surface area contributed by atoms with Crippen LogP contribution in [0.25, 0.3) is 0 Å². The molecule has 0 saturated heterocycles. The average molecular weight is 301 g/mol. The maximum Gasteiger partial charge on any atom is 0.394 e. The molecule has 7 heteroatoms. The van der Waals surface area contributed by atoms with Gasteiger partial charge in [0.25, 0.3) is 0 Å². The standard InChI is InChI=1S/C12H26O.H3N.H2O4S/c1-2-3-4-5-6-7-8-9-10-11-12-13;;1-5(2,3)4/h13H,2-12H2,1H3;1H3;(H2,1,2,3,4). The summed E-state index contributed by atoms with van der Waals surface area (Å²) >= 11 is 0. The second kappa shape index (κ2) is 17.8. The highest BCUT2D eigenvalue weighted by Gasteiger charge is 1.91. The highest BCUT2D eigenvalue weighted by molar-refractivity contribution is 7.79. The summed E-state index contributed by atoms with van der Waals surface area (Å²) < 4.78 is 31.6. The topological polar surface area (TPSA) is 130 Å². The molecule has 6 nitrogen and oxygen atoms in total. The van der Waals surface area contributed by atoms with Crippen LogP contribution in [0, 0.1) is 0 Å². The summed E-state index contributed by atoms with van der Waals surface area (Å²) in [4.78, 5) is 0. The van der Waals surface area contributed by atoms with Crippen molar-refractivity contribution in [1.82, 2.24) is 6.15 Å². The molecule has 0 fully saturated rings. The zero-order chi connectivity index (χ0) is 14.3. The fourth-order valence-corrected chi connectivity index (χ4v) is 1.60. The van der Waals surface area contributed by atoms with Crippen LogP contribution in [0.5, 0.6) is 0 Å². The summed E-state index contributed by atoms with van der Waals surface area (Å²) in [5.74, 6) is 0. The minimum Gasteiger partial charge on any atom is -0.396 e. The van der Waals surface area contributed by atoms with E-state index in [0.717, 1.165) is 6.42 Å². The molecule has 0 rings (SSSR count). The van der Waals surface area contributed by atoms with Crippen LogP contribution < -0.4 is 6.15 Å². The molecule has 19 heavy (non-hydrogen) atoms. The summed E-state index contributed by atoms with van der Waals surface area (Å²) in [6.07, 6.45) is 13.3. The number of aliphatic hydroxyl groups excluding tert-OH is 1. The molecule has 0 aliphatic rings. The highest BCUT2D eigenvalue weighted by atomic mass is 32.3. The van der Waals surface area contributed by atoms with Crippen molar-refractivity contribution >= 4 is 10.4 Å². The van der Waals surface area contributed by atoms with Crippen LogP contribution >= 0.6 is 0 Å². The molecule has 0 spiro atoms. The van der Waals surface area contributed by atoms with Gasteiger partial charge >= 0.3 is 10.4 Å². The van der Waals surface area contributed by atoms with Gasteiger partial charge in [-0.1, -0.05) is 64.7 Å². The van der Waals surface area contributed by atoms with E-state index in [2.05, 4.69) is 6.92 Å². The Kier molecular flexibility index (Phi) is 22.3. The lowest BCUT2D eigenvalue weighted by Crippen LogP contribution is -1.89. The molecule has 0 bridgehead atoms. The quantitative estimate of drug-likeness (QED) is 0.361. The van der Waals surface area contributed by atoms with Crippen LogP contribution in [0.3, 0.4) is 0 Å². The average Bonchev–Trinajstić information content (AvgIpc) is 2.25. The van der Waals surface area contributed by atoms with Crippen molar-refractivity contribution in [1.29, 1.82) is 0 Å². The van der Waals surface area contributed by atoms with Crippen molar-refractivity contribution in [2.24, 2.45) is 0 Å². The summed E-state index contributed by atoms with van der Waals surface area (Å²) in [6.45, 7) is 2.63. The molecule has 6 N–H and O–H groups in total. The van der Waals surface area contributed by atoms with Crippen LogP contribution in [0.2, 0.25) is 0 Å². The molecule has 0 radical (unpaired) electrons. The fourth-order valence-electron chi connectivity index (χ4n) is 1.60. The van der Waals surface area contributed by atoms with Crippen molar-refractivity contribution in [2.75, 3.05) is 6.61 Å². The second-order valence-electron chi connectivity index (χ2n) is 4.35. The first-order chi connectivity index (χ1) is 8.41. The third-order valence-corrected chi connectivity index (χ3v) is 2.51. The largest absolute Gasteiger partial charge is 0.396 e. The van der Waals surface area contributed by atoms with Crippen LogP contribution in [-0.2, 0) is 10.4 Å². The van der Waals surface area contributed by atoms with E-state index in [0.29, 0.717) is 6.61 Å². The van der Waals surface area contributed by atoms with E-state index >= 15 is 0 Å². The summed E-state index contributed by atoms with van der Waals surface area (Å²) in [5.41, 5.74) is 0. The van der Waals surface area contributed by atoms with Crippen LogP contribution in [0.1, 0.15) is 71.1 Å². The monoisotopic (exact) mass is 301 g/mol. The van der Waals surface area contributed by atoms with Gasteiger partial charge in [-0.2, -0.15) is 8.42 Å². The Bertz CT molecular complexity index is 227. The van der Waals surface area contributed by atoms with Crippen molar-refractivity contribution < 1.29 is 22.6 Å².